The summed E-state index contributed by atoms with van der Waals surface area (Å²) in [6.07, 6.45) is -9.77. The first-order chi connectivity index (χ1) is 9.57. The van der Waals surface area contributed by atoms with E-state index in [0.29, 0.717) is 0 Å². The molecule has 1 aliphatic heterocycles. The van der Waals surface area contributed by atoms with Crippen molar-refractivity contribution in [1.29, 1.82) is 0 Å². The van der Waals surface area contributed by atoms with E-state index in [4.69, 9.17) is 4.74 Å². The molecule has 0 bridgehead atoms. The Labute approximate surface area is 114 Å². The number of ether oxygens (including phenoxy) is 1. The molecule has 1 aromatic carbocycles. The van der Waals surface area contributed by atoms with Crippen molar-refractivity contribution in [2.24, 2.45) is 0 Å². The normalized spacial score (nSPS) is 18.7. The highest BCUT2D eigenvalue weighted by atomic mass is 19.4. The SMILES string of the molecule is O=C(N[C@H]1COc2ccc(C(F)(F)F)cc2C1)C(F)(F)F. The summed E-state index contributed by atoms with van der Waals surface area (Å²) < 4.78 is 79.1. The van der Waals surface area contributed by atoms with Crippen molar-refractivity contribution in [3.8, 4) is 5.75 Å². The summed E-state index contributed by atoms with van der Waals surface area (Å²) in [6, 6.07) is 1.71. The first-order valence-corrected chi connectivity index (χ1v) is 5.78. The number of benzene rings is 1. The number of carbonyl (C=O) groups is 1. The molecule has 0 spiro atoms. The fourth-order valence-corrected chi connectivity index (χ4v) is 1.93. The number of hydrogen-bond donors (Lipinski definition) is 1. The first kappa shape index (κ1) is 15.5. The third-order valence-corrected chi connectivity index (χ3v) is 2.89. The van der Waals surface area contributed by atoms with Crippen LogP contribution < -0.4 is 10.1 Å². The van der Waals surface area contributed by atoms with Gasteiger partial charge in [-0.3, -0.25) is 4.79 Å². The first-order valence-electron chi connectivity index (χ1n) is 5.78. The summed E-state index contributed by atoms with van der Waals surface area (Å²) >= 11 is 0. The standard InChI is InChI=1S/C12H9F6NO2/c13-11(14,15)7-1-2-9-6(3-7)4-8(5-21-9)19-10(20)12(16,17)18/h1-3,8H,4-5H2,(H,19,20)/t8-/m1/s1. The van der Waals surface area contributed by atoms with Gasteiger partial charge in [0, 0.05) is 0 Å². The number of alkyl halides is 6. The molecule has 1 heterocycles. The van der Waals surface area contributed by atoms with E-state index in [1.54, 1.807) is 5.32 Å². The lowest BCUT2D eigenvalue weighted by Crippen LogP contribution is -2.48. The molecule has 1 atom stereocenters. The Morgan fingerprint density at radius 2 is 1.86 bits per heavy atom. The predicted octanol–water partition coefficient (Wildman–Crippen LogP) is 2.69. The minimum Gasteiger partial charge on any atom is -0.491 e. The molecule has 1 aromatic rings. The summed E-state index contributed by atoms with van der Waals surface area (Å²) in [5, 5.41) is 1.69. The van der Waals surface area contributed by atoms with Gasteiger partial charge >= 0.3 is 18.3 Å². The van der Waals surface area contributed by atoms with Crippen molar-refractivity contribution in [2.45, 2.75) is 24.8 Å². The maximum atomic E-state index is 12.6. The fraction of sp³-hybridized carbons (Fsp3) is 0.417. The zero-order chi connectivity index (χ0) is 15.8. The lowest BCUT2D eigenvalue weighted by Gasteiger charge is -2.27. The van der Waals surface area contributed by atoms with Crippen LogP contribution in [-0.2, 0) is 17.4 Å². The van der Waals surface area contributed by atoms with Gasteiger partial charge in [-0.15, -0.1) is 0 Å². The molecule has 0 fully saturated rings. The van der Waals surface area contributed by atoms with E-state index in [1.165, 1.54) is 0 Å². The number of hydrogen-bond acceptors (Lipinski definition) is 2. The second-order valence-electron chi connectivity index (χ2n) is 4.50. The van der Waals surface area contributed by atoms with Gasteiger partial charge < -0.3 is 10.1 Å². The van der Waals surface area contributed by atoms with E-state index >= 15 is 0 Å². The van der Waals surface area contributed by atoms with Gasteiger partial charge in [0.05, 0.1) is 11.6 Å². The monoisotopic (exact) mass is 313 g/mol. The van der Waals surface area contributed by atoms with Crippen molar-refractivity contribution in [1.82, 2.24) is 5.32 Å². The highest BCUT2D eigenvalue weighted by Gasteiger charge is 2.40. The van der Waals surface area contributed by atoms with Crippen LogP contribution in [0.5, 0.6) is 5.75 Å². The summed E-state index contributed by atoms with van der Waals surface area (Å²) in [5.41, 5.74) is -0.823. The second-order valence-corrected chi connectivity index (χ2v) is 4.50. The number of halogens is 6. The van der Waals surface area contributed by atoms with Crippen molar-refractivity contribution >= 4 is 5.91 Å². The van der Waals surface area contributed by atoms with E-state index in [1.807, 2.05) is 0 Å². The molecule has 0 saturated carbocycles. The quantitative estimate of drug-likeness (QED) is 0.810. The van der Waals surface area contributed by atoms with E-state index in [-0.39, 0.29) is 24.3 Å². The molecule has 0 aromatic heterocycles. The molecule has 1 aliphatic rings. The van der Waals surface area contributed by atoms with E-state index < -0.39 is 29.9 Å². The Morgan fingerprint density at radius 3 is 2.43 bits per heavy atom. The van der Waals surface area contributed by atoms with Gasteiger partial charge in [-0.2, -0.15) is 26.3 Å². The van der Waals surface area contributed by atoms with Gasteiger partial charge in [0.25, 0.3) is 0 Å². The highest BCUT2D eigenvalue weighted by Crippen LogP contribution is 2.34. The summed E-state index contributed by atoms with van der Waals surface area (Å²) in [4.78, 5) is 10.8. The van der Waals surface area contributed by atoms with Crippen LogP contribution in [0.4, 0.5) is 26.3 Å². The van der Waals surface area contributed by atoms with Gasteiger partial charge in [-0.1, -0.05) is 0 Å². The summed E-state index contributed by atoms with van der Waals surface area (Å²) in [7, 11) is 0. The fourth-order valence-electron chi connectivity index (χ4n) is 1.93. The Morgan fingerprint density at radius 1 is 1.19 bits per heavy atom. The van der Waals surface area contributed by atoms with Gasteiger partial charge in [-0.25, -0.2) is 0 Å². The molecule has 3 nitrogen and oxygen atoms in total. The van der Waals surface area contributed by atoms with Crippen LogP contribution in [0.2, 0.25) is 0 Å². The Kier molecular flexibility index (Phi) is 3.77. The van der Waals surface area contributed by atoms with Crippen molar-refractivity contribution < 1.29 is 35.9 Å². The van der Waals surface area contributed by atoms with Crippen LogP contribution >= 0.6 is 0 Å². The molecule has 1 N–H and O–H groups in total. The van der Waals surface area contributed by atoms with Crippen LogP contribution in [0.3, 0.4) is 0 Å². The van der Waals surface area contributed by atoms with Crippen LogP contribution in [0.1, 0.15) is 11.1 Å². The number of rotatable bonds is 1. The molecule has 9 heteroatoms. The Hall–Kier alpha value is -1.93. The molecule has 0 radical (unpaired) electrons. The Balaban J connectivity index is 2.14. The zero-order valence-corrected chi connectivity index (χ0v) is 10.3. The van der Waals surface area contributed by atoms with Crippen LogP contribution in [-0.4, -0.2) is 24.7 Å². The number of carbonyl (C=O) groups excluding carboxylic acids is 1. The van der Waals surface area contributed by atoms with Crippen molar-refractivity contribution in [2.75, 3.05) is 6.61 Å². The van der Waals surface area contributed by atoms with Crippen molar-refractivity contribution in [3.05, 3.63) is 29.3 Å². The minimum atomic E-state index is -5.05. The third-order valence-electron chi connectivity index (χ3n) is 2.89. The maximum Gasteiger partial charge on any atom is 0.471 e. The van der Waals surface area contributed by atoms with Crippen LogP contribution in [0, 0.1) is 0 Å². The second kappa shape index (κ2) is 5.12. The summed E-state index contributed by atoms with van der Waals surface area (Å²) in [6.45, 7) is -0.236. The lowest BCUT2D eigenvalue weighted by molar-refractivity contribution is -0.174. The van der Waals surface area contributed by atoms with Gasteiger partial charge in [-0.05, 0) is 30.2 Å². The predicted molar refractivity (Wildman–Crippen MR) is 58.6 cm³/mol. The molecule has 116 valence electrons. The summed E-state index contributed by atoms with van der Waals surface area (Å²) in [5.74, 6) is -1.98. The molecule has 0 aliphatic carbocycles. The third kappa shape index (κ3) is 3.59. The molecule has 21 heavy (non-hydrogen) atoms. The van der Waals surface area contributed by atoms with E-state index in [9.17, 15) is 31.1 Å². The molecule has 0 saturated heterocycles. The van der Waals surface area contributed by atoms with Crippen LogP contribution in [0.15, 0.2) is 18.2 Å². The van der Waals surface area contributed by atoms with Gasteiger partial charge in [0.2, 0.25) is 0 Å². The van der Waals surface area contributed by atoms with E-state index in [0.717, 1.165) is 18.2 Å². The van der Waals surface area contributed by atoms with Gasteiger partial charge in [0.1, 0.15) is 12.4 Å². The lowest BCUT2D eigenvalue weighted by atomic mass is 10.00. The van der Waals surface area contributed by atoms with Crippen molar-refractivity contribution in [3.63, 3.8) is 0 Å². The minimum absolute atomic E-state index is 0.101. The van der Waals surface area contributed by atoms with Gasteiger partial charge in [0.15, 0.2) is 0 Å². The zero-order valence-electron chi connectivity index (χ0n) is 10.3. The molecule has 2 rings (SSSR count). The Bertz CT molecular complexity index is 552. The molecule has 0 unspecified atom stereocenters. The molecule has 1 amide bonds. The largest absolute Gasteiger partial charge is 0.491 e. The number of fused-ring (bicyclic) bond motifs is 1. The topological polar surface area (TPSA) is 38.3 Å². The number of nitrogens with one attached hydrogen (secondary N) is 1. The van der Waals surface area contributed by atoms with Crippen LogP contribution in [0.25, 0.3) is 0 Å². The van der Waals surface area contributed by atoms with E-state index in [2.05, 4.69) is 0 Å². The highest BCUT2D eigenvalue weighted by molar-refractivity contribution is 5.82. The number of amides is 1. The molecular weight excluding hydrogens is 304 g/mol. The smallest absolute Gasteiger partial charge is 0.471 e. The average Bonchev–Trinajstić information content (AvgIpc) is 2.35. The molecular formula is C12H9F6NO2. The average molecular weight is 313 g/mol. The maximum absolute atomic E-state index is 12.6.